The van der Waals surface area contributed by atoms with Crippen LogP contribution in [0.25, 0.3) is 22.3 Å². The van der Waals surface area contributed by atoms with E-state index in [0.29, 0.717) is 19.1 Å². The predicted molar refractivity (Wildman–Crippen MR) is 224 cm³/mol. The number of benzene rings is 4. The van der Waals surface area contributed by atoms with Crippen LogP contribution in [0.5, 0.6) is 11.5 Å². The third-order valence-corrected chi connectivity index (χ3v) is 11.6. The smallest absolute Gasteiger partial charge is 0.300 e. The molecule has 300 valence electrons. The molecule has 0 aromatic heterocycles. The zero-order valence-corrected chi connectivity index (χ0v) is 33.0. The number of fused-ring (bicyclic) bond motifs is 6. The van der Waals surface area contributed by atoms with Crippen LogP contribution in [0.2, 0.25) is 0 Å². The summed E-state index contributed by atoms with van der Waals surface area (Å²) in [4.78, 5) is 37.4. The molecule has 2 amide bonds. The number of carbonyl (C=O) groups excluding carboxylic acids is 2. The molecule has 1 aliphatic carbocycles. The number of nitrogens with one attached hydrogen (secondary N) is 3. The van der Waals surface area contributed by atoms with Crippen LogP contribution >= 0.6 is 0 Å². The molecule has 1 saturated heterocycles. The van der Waals surface area contributed by atoms with Gasteiger partial charge in [0.1, 0.15) is 36.8 Å². The van der Waals surface area contributed by atoms with E-state index in [9.17, 15) is 9.59 Å². The van der Waals surface area contributed by atoms with Gasteiger partial charge in [0.2, 0.25) is 0 Å². The van der Waals surface area contributed by atoms with E-state index in [-0.39, 0.29) is 23.9 Å². The molecule has 4 aromatic carbocycles. The fraction of sp³-hybridized carbons (Fsp3) is 0.356. The summed E-state index contributed by atoms with van der Waals surface area (Å²) >= 11 is 0. The van der Waals surface area contributed by atoms with Gasteiger partial charge in [-0.25, -0.2) is 10.9 Å². The van der Waals surface area contributed by atoms with Gasteiger partial charge in [0.05, 0.1) is 11.4 Å². The first-order valence-electron chi connectivity index (χ1n) is 20.1. The fourth-order valence-corrected chi connectivity index (χ4v) is 8.15. The molecule has 4 N–H and O–H groups in total. The number of ether oxygens (including phenoxy) is 2. The maximum atomic E-state index is 12.2. The minimum Gasteiger partial charge on any atom is -0.483 e. The summed E-state index contributed by atoms with van der Waals surface area (Å²) < 4.78 is 12.0. The Hall–Kier alpha value is -6.21. The number of aliphatic carboxylic acids is 1. The molecule has 5 aliphatic heterocycles. The normalized spacial score (nSPS) is 20.3. The van der Waals surface area contributed by atoms with Crippen molar-refractivity contribution in [2.45, 2.75) is 65.0 Å². The lowest BCUT2D eigenvalue weighted by Crippen LogP contribution is -2.55. The number of hydrazone groups is 2. The largest absolute Gasteiger partial charge is 0.483 e. The molecule has 2 fully saturated rings. The predicted octanol–water partition coefficient (Wildman–Crippen LogP) is 5.96. The molecule has 0 unspecified atom stereocenters. The molecule has 58 heavy (non-hydrogen) atoms. The quantitative estimate of drug-likeness (QED) is 0.185. The first-order chi connectivity index (χ1) is 28.1. The van der Waals surface area contributed by atoms with Crippen molar-refractivity contribution < 1.29 is 29.0 Å². The molecule has 10 rings (SSSR count). The standard InChI is InChI=1S/C22H23N3O2.C21H22N4O2.C2H4O2/c1-14-22(26)24-23-21-13-27-20-12-18(16-8-3-2-4-9-16)17(10-15-6-5-7-15)11-19(20)25(14)21;1-13-21(26)24-23-20-12-27-19-9-17(15-5-3-2-4-6-15)16(7-14-10-22-11-14)8-18(19)25(13)20;1-2(3)4/h2-4,8-9,11-12,14-15H,5-7,10,13H2,1H3,(H,24,26);2-6,8-9,13-14,22H,7,10-12H2,1H3,(H,24,26);1H3,(H,3,4)/t14-;13-;/m00./s1. The molecule has 6 aliphatic rings. The molecule has 1 saturated carbocycles. The van der Waals surface area contributed by atoms with Gasteiger partial charge in [-0.15, -0.1) is 0 Å². The number of anilines is 2. The van der Waals surface area contributed by atoms with Gasteiger partial charge in [0.25, 0.3) is 17.8 Å². The third kappa shape index (κ3) is 7.99. The molecule has 2 atom stereocenters. The summed E-state index contributed by atoms with van der Waals surface area (Å²) in [6.45, 7) is 7.73. The Morgan fingerprint density at radius 2 is 1.14 bits per heavy atom. The molecule has 5 heterocycles. The number of nitrogens with zero attached hydrogens (tertiary/aromatic N) is 4. The van der Waals surface area contributed by atoms with Gasteiger partial charge >= 0.3 is 0 Å². The average Bonchev–Trinajstić information content (AvgIpc) is 3.20. The van der Waals surface area contributed by atoms with E-state index >= 15 is 0 Å². The zero-order chi connectivity index (χ0) is 40.3. The average molecular weight is 784 g/mol. The summed E-state index contributed by atoms with van der Waals surface area (Å²) in [5, 5.41) is 19.2. The van der Waals surface area contributed by atoms with E-state index in [0.717, 1.165) is 73.3 Å². The highest BCUT2D eigenvalue weighted by Gasteiger charge is 2.37. The molecule has 13 nitrogen and oxygen atoms in total. The van der Waals surface area contributed by atoms with Crippen molar-refractivity contribution in [3.05, 3.63) is 96.1 Å². The van der Waals surface area contributed by atoms with Crippen LogP contribution in [0.15, 0.2) is 95.1 Å². The Kier molecular flexibility index (Phi) is 11.1. The Morgan fingerprint density at radius 1 is 0.707 bits per heavy atom. The Balaban J connectivity index is 0.000000148. The number of hydrogen-bond donors (Lipinski definition) is 4. The molecular weight excluding hydrogens is 735 g/mol. The first kappa shape index (κ1) is 38.7. The van der Waals surface area contributed by atoms with Crippen molar-refractivity contribution >= 4 is 40.8 Å². The van der Waals surface area contributed by atoms with Crippen molar-refractivity contribution in [1.82, 2.24) is 16.2 Å². The van der Waals surface area contributed by atoms with Crippen LogP contribution in [0.3, 0.4) is 0 Å². The van der Waals surface area contributed by atoms with E-state index in [1.54, 1.807) is 0 Å². The second-order valence-electron chi connectivity index (χ2n) is 15.6. The van der Waals surface area contributed by atoms with Gasteiger partial charge in [-0.1, -0.05) is 79.9 Å². The highest BCUT2D eigenvalue weighted by atomic mass is 16.5. The van der Waals surface area contributed by atoms with E-state index in [4.69, 9.17) is 19.4 Å². The van der Waals surface area contributed by atoms with Crippen LogP contribution in [0.4, 0.5) is 11.4 Å². The summed E-state index contributed by atoms with van der Waals surface area (Å²) in [7, 11) is 0. The van der Waals surface area contributed by atoms with Gasteiger partial charge in [-0.3, -0.25) is 14.4 Å². The number of carboxylic acid groups (broad SMARTS) is 1. The number of amides is 2. The van der Waals surface area contributed by atoms with Crippen LogP contribution in [-0.2, 0) is 27.2 Å². The van der Waals surface area contributed by atoms with Crippen molar-refractivity contribution in [3.63, 3.8) is 0 Å². The monoisotopic (exact) mass is 783 g/mol. The highest BCUT2D eigenvalue weighted by molar-refractivity contribution is 6.10. The second kappa shape index (κ2) is 16.7. The summed E-state index contributed by atoms with van der Waals surface area (Å²) in [6.07, 6.45) is 6.01. The van der Waals surface area contributed by atoms with Crippen LogP contribution < -0.4 is 35.4 Å². The number of carboxylic acids is 1. The SMILES string of the molecule is CC(=O)O.C[C@H]1C(=O)NN=C2COc3cc(-c4ccccc4)c(CC4CCC4)cc3N21.C[C@H]1C(=O)NN=C2COc3cc(-c4ccccc4)c(CC4CNC4)cc3N21. The van der Waals surface area contributed by atoms with Crippen molar-refractivity contribution in [2.24, 2.45) is 22.0 Å². The van der Waals surface area contributed by atoms with E-state index in [1.165, 1.54) is 52.6 Å². The maximum absolute atomic E-state index is 12.2. The lowest BCUT2D eigenvalue weighted by Gasteiger charge is -2.39. The zero-order valence-electron chi connectivity index (χ0n) is 33.0. The van der Waals surface area contributed by atoms with Crippen molar-refractivity contribution in [3.8, 4) is 33.8 Å². The van der Waals surface area contributed by atoms with Crippen molar-refractivity contribution in [2.75, 3.05) is 36.1 Å². The fourth-order valence-electron chi connectivity index (χ4n) is 8.15. The number of rotatable bonds is 6. The van der Waals surface area contributed by atoms with Crippen LogP contribution in [0.1, 0.15) is 51.2 Å². The number of amidine groups is 2. The highest BCUT2D eigenvalue weighted by Crippen LogP contribution is 2.43. The third-order valence-electron chi connectivity index (χ3n) is 11.6. The Labute approximate surface area is 338 Å². The Morgan fingerprint density at radius 3 is 1.52 bits per heavy atom. The van der Waals surface area contributed by atoms with Gasteiger partial charge in [0, 0.05) is 6.92 Å². The van der Waals surface area contributed by atoms with Crippen LogP contribution in [-0.4, -0.2) is 72.9 Å². The maximum Gasteiger partial charge on any atom is 0.300 e. The number of carbonyl (C=O) groups is 3. The van der Waals surface area contributed by atoms with Gasteiger partial charge < -0.3 is 29.7 Å². The summed E-state index contributed by atoms with van der Waals surface area (Å²) in [5.41, 5.74) is 14.5. The molecule has 4 aromatic rings. The second-order valence-corrected chi connectivity index (χ2v) is 15.6. The van der Waals surface area contributed by atoms with Gasteiger partial charge in [0.15, 0.2) is 11.7 Å². The molecule has 0 bridgehead atoms. The molecular formula is C45H49N7O6. The Bertz CT molecular complexity index is 2100. The van der Waals surface area contributed by atoms with E-state index < -0.39 is 5.97 Å². The molecule has 0 spiro atoms. The lowest BCUT2D eigenvalue weighted by atomic mass is 9.79. The van der Waals surface area contributed by atoms with E-state index in [1.807, 2.05) is 35.8 Å². The molecule has 13 heteroatoms. The van der Waals surface area contributed by atoms with Crippen LogP contribution in [0, 0.1) is 11.8 Å². The first-order valence-corrected chi connectivity index (χ1v) is 20.1. The van der Waals surface area contributed by atoms with Crippen molar-refractivity contribution in [1.29, 1.82) is 0 Å². The topological polar surface area (TPSA) is 157 Å². The van der Waals surface area contributed by atoms with Gasteiger partial charge in [-0.05, 0) is 109 Å². The minimum absolute atomic E-state index is 0.0840. The summed E-state index contributed by atoms with van der Waals surface area (Å²) in [6, 6.07) is 29.0. The lowest BCUT2D eigenvalue weighted by molar-refractivity contribution is -0.134. The van der Waals surface area contributed by atoms with Gasteiger partial charge in [-0.2, -0.15) is 10.2 Å². The number of hydrogen-bond acceptors (Lipinski definition) is 10. The molecule has 0 radical (unpaired) electrons. The minimum atomic E-state index is -0.833. The summed E-state index contributed by atoms with van der Waals surface area (Å²) in [5.74, 6) is 3.53. The van der Waals surface area contributed by atoms with E-state index in [2.05, 4.69) is 99.2 Å².